The molecule has 4 heteroatoms. The molecule has 86 valence electrons. The van der Waals surface area contributed by atoms with Crippen molar-refractivity contribution in [3.8, 4) is 0 Å². The molecule has 0 aromatic rings. The Labute approximate surface area is 91.2 Å². The molecule has 2 unspecified atom stereocenters. The first kappa shape index (κ1) is 10.9. The average molecular weight is 211 g/mol. The summed E-state index contributed by atoms with van der Waals surface area (Å²) in [5.74, 6) is -0.0227. The van der Waals surface area contributed by atoms with Crippen LogP contribution in [-0.2, 0) is 4.79 Å². The Morgan fingerprint density at radius 2 is 2.13 bits per heavy atom. The zero-order chi connectivity index (χ0) is 10.7. The number of carbonyl (C=O) groups excluding carboxylic acids is 1. The Morgan fingerprint density at radius 1 is 1.27 bits per heavy atom. The molecule has 4 nitrogen and oxygen atoms in total. The fraction of sp³-hybridized carbons (Fsp3) is 0.909. The monoisotopic (exact) mass is 211 g/mol. The lowest BCUT2D eigenvalue weighted by atomic mass is 10.1. The molecule has 0 aliphatic carbocycles. The number of nitrogens with two attached hydrogens (primary N) is 1. The maximum absolute atomic E-state index is 11.1. The summed E-state index contributed by atoms with van der Waals surface area (Å²) >= 11 is 0. The highest BCUT2D eigenvalue weighted by Crippen LogP contribution is 2.22. The molecule has 0 aromatic heterocycles. The summed E-state index contributed by atoms with van der Waals surface area (Å²) in [5, 5.41) is 3.42. The highest BCUT2D eigenvalue weighted by atomic mass is 16.1. The SMILES string of the molecule is NC(=O)C1CCN(C2CCCNCC2)C1. The van der Waals surface area contributed by atoms with Crippen LogP contribution in [0.15, 0.2) is 0 Å². The molecule has 0 spiro atoms. The van der Waals surface area contributed by atoms with Crippen LogP contribution in [0.1, 0.15) is 25.7 Å². The highest BCUT2D eigenvalue weighted by Gasteiger charge is 2.30. The number of amides is 1. The van der Waals surface area contributed by atoms with Gasteiger partial charge in [0.25, 0.3) is 0 Å². The van der Waals surface area contributed by atoms with E-state index in [1.165, 1.54) is 19.3 Å². The zero-order valence-electron chi connectivity index (χ0n) is 9.24. The quantitative estimate of drug-likeness (QED) is 0.672. The van der Waals surface area contributed by atoms with Crippen LogP contribution in [0, 0.1) is 5.92 Å². The van der Waals surface area contributed by atoms with Crippen LogP contribution in [-0.4, -0.2) is 43.0 Å². The predicted octanol–water partition coefficient (Wildman–Crippen LogP) is -0.0643. The van der Waals surface area contributed by atoms with E-state index in [0.29, 0.717) is 6.04 Å². The van der Waals surface area contributed by atoms with Gasteiger partial charge in [-0.2, -0.15) is 0 Å². The fourth-order valence-corrected chi connectivity index (χ4v) is 2.72. The number of hydrogen-bond donors (Lipinski definition) is 2. The molecule has 0 aromatic carbocycles. The van der Waals surface area contributed by atoms with Gasteiger partial charge in [-0.05, 0) is 45.3 Å². The van der Waals surface area contributed by atoms with E-state index in [4.69, 9.17) is 5.73 Å². The van der Waals surface area contributed by atoms with Crippen LogP contribution in [0.2, 0.25) is 0 Å². The van der Waals surface area contributed by atoms with Crippen LogP contribution in [0.5, 0.6) is 0 Å². The van der Waals surface area contributed by atoms with Gasteiger partial charge >= 0.3 is 0 Å². The van der Waals surface area contributed by atoms with E-state index in [-0.39, 0.29) is 11.8 Å². The Balaban J connectivity index is 1.86. The average Bonchev–Trinajstić information content (AvgIpc) is 2.55. The lowest BCUT2D eigenvalue weighted by Gasteiger charge is -2.26. The lowest BCUT2D eigenvalue weighted by Crippen LogP contribution is -2.35. The first-order chi connectivity index (χ1) is 7.27. The van der Waals surface area contributed by atoms with Gasteiger partial charge in [0.1, 0.15) is 0 Å². The van der Waals surface area contributed by atoms with Crippen LogP contribution < -0.4 is 11.1 Å². The third kappa shape index (κ3) is 2.69. The lowest BCUT2D eigenvalue weighted by molar-refractivity contribution is -0.121. The van der Waals surface area contributed by atoms with Gasteiger partial charge in [0.05, 0.1) is 5.92 Å². The van der Waals surface area contributed by atoms with E-state index in [1.807, 2.05) is 0 Å². The summed E-state index contributed by atoms with van der Waals surface area (Å²) < 4.78 is 0. The summed E-state index contributed by atoms with van der Waals surface area (Å²) in [7, 11) is 0. The molecular formula is C11H21N3O. The summed E-state index contributed by atoms with van der Waals surface area (Å²) in [6.45, 7) is 4.20. The molecule has 2 atom stereocenters. The maximum Gasteiger partial charge on any atom is 0.221 e. The molecule has 2 saturated heterocycles. The van der Waals surface area contributed by atoms with Crippen molar-refractivity contribution in [2.24, 2.45) is 11.7 Å². The van der Waals surface area contributed by atoms with Gasteiger partial charge in [0.2, 0.25) is 5.91 Å². The molecule has 2 fully saturated rings. The zero-order valence-corrected chi connectivity index (χ0v) is 9.24. The third-order valence-corrected chi connectivity index (χ3v) is 3.68. The Morgan fingerprint density at radius 3 is 2.87 bits per heavy atom. The summed E-state index contributed by atoms with van der Waals surface area (Å²) in [6.07, 6.45) is 4.69. The topological polar surface area (TPSA) is 58.4 Å². The van der Waals surface area contributed by atoms with E-state index in [0.717, 1.165) is 32.6 Å². The highest BCUT2D eigenvalue weighted by molar-refractivity contribution is 5.77. The smallest absolute Gasteiger partial charge is 0.221 e. The van der Waals surface area contributed by atoms with Crippen LogP contribution in [0.25, 0.3) is 0 Å². The van der Waals surface area contributed by atoms with Gasteiger partial charge in [-0.3, -0.25) is 9.69 Å². The minimum absolute atomic E-state index is 0.0983. The maximum atomic E-state index is 11.1. The molecule has 2 rings (SSSR count). The van der Waals surface area contributed by atoms with Gasteiger partial charge in [0, 0.05) is 12.6 Å². The van der Waals surface area contributed by atoms with Crippen molar-refractivity contribution in [3.05, 3.63) is 0 Å². The minimum Gasteiger partial charge on any atom is -0.369 e. The Bertz CT molecular complexity index is 224. The van der Waals surface area contributed by atoms with Crippen molar-refractivity contribution in [2.45, 2.75) is 31.7 Å². The minimum atomic E-state index is -0.121. The molecule has 0 saturated carbocycles. The molecule has 2 heterocycles. The van der Waals surface area contributed by atoms with E-state index in [2.05, 4.69) is 10.2 Å². The Kier molecular flexibility index (Phi) is 3.59. The molecule has 2 aliphatic heterocycles. The normalized spacial score (nSPS) is 33.9. The van der Waals surface area contributed by atoms with Crippen molar-refractivity contribution in [3.63, 3.8) is 0 Å². The number of primary amides is 1. The summed E-state index contributed by atoms with van der Waals surface area (Å²) in [4.78, 5) is 13.5. The first-order valence-corrected chi connectivity index (χ1v) is 6.01. The third-order valence-electron chi connectivity index (χ3n) is 3.68. The second-order valence-corrected chi connectivity index (χ2v) is 4.72. The number of carbonyl (C=O) groups is 1. The number of nitrogens with zero attached hydrogens (tertiary/aromatic N) is 1. The largest absolute Gasteiger partial charge is 0.369 e. The van der Waals surface area contributed by atoms with Crippen molar-refractivity contribution in [2.75, 3.05) is 26.2 Å². The fourth-order valence-electron chi connectivity index (χ4n) is 2.72. The molecule has 15 heavy (non-hydrogen) atoms. The molecule has 3 N–H and O–H groups in total. The van der Waals surface area contributed by atoms with E-state index >= 15 is 0 Å². The van der Waals surface area contributed by atoms with Gasteiger partial charge < -0.3 is 11.1 Å². The Hall–Kier alpha value is -0.610. The van der Waals surface area contributed by atoms with E-state index < -0.39 is 0 Å². The number of likely N-dealkylation sites (tertiary alicyclic amines) is 1. The van der Waals surface area contributed by atoms with Crippen LogP contribution >= 0.6 is 0 Å². The van der Waals surface area contributed by atoms with Gasteiger partial charge in [-0.15, -0.1) is 0 Å². The van der Waals surface area contributed by atoms with Crippen molar-refractivity contribution >= 4 is 5.91 Å². The first-order valence-electron chi connectivity index (χ1n) is 6.01. The standard InChI is InChI=1S/C11H21N3O/c12-11(15)9-4-7-14(8-9)10-2-1-5-13-6-3-10/h9-10,13H,1-8H2,(H2,12,15). The van der Waals surface area contributed by atoms with Crippen molar-refractivity contribution < 1.29 is 4.79 Å². The molecule has 0 bridgehead atoms. The van der Waals surface area contributed by atoms with E-state index in [1.54, 1.807) is 0 Å². The van der Waals surface area contributed by atoms with Gasteiger partial charge in [0.15, 0.2) is 0 Å². The van der Waals surface area contributed by atoms with Gasteiger partial charge in [-0.1, -0.05) is 0 Å². The second-order valence-electron chi connectivity index (χ2n) is 4.72. The number of nitrogens with one attached hydrogen (secondary N) is 1. The van der Waals surface area contributed by atoms with Crippen LogP contribution in [0.4, 0.5) is 0 Å². The molecule has 2 aliphatic rings. The summed E-state index contributed by atoms with van der Waals surface area (Å²) in [6, 6.07) is 0.671. The van der Waals surface area contributed by atoms with Crippen molar-refractivity contribution in [1.29, 1.82) is 0 Å². The molecule has 0 radical (unpaired) electrons. The van der Waals surface area contributed by atoms with E-state index in [9.17, 15) is 4.79 Å². The van der Waals surface area contributed by atoms with Crippen LogP contribution in [0.3, 0.4) is 0 Å². The molecular weight excluding hydrogens is 190 g/mol. The van der Waals surface area contributed by atoms with Crippen molar-refractivity contribution in [1.82, 2.24) is 10.2 Å². The van der Waals surface area contributed by atoms with Gasteiger partial charge in [-0.25, -0.2) is 0 Å². The second kappa shape index (κ2) is 4.94. The number of rotatable bonds is 2. The molecule has 1 amide bonds. The predicted molar refractivity (Wildman–Crippen MR) is 59.4 cm³/mol. The number of hydrogen-bond acceptors (Lipinski definition) is 3. The summed E-state index contributed by atoms with van der Waals surface area (Å²) in [5.41, 5.74) is 5.34.